The van der Waals surface area contributed by atoms with E-state index >= 15 is 0 Å². The number of thiol groups is 1. The molecule has 0 aliphatic carbocycles. The van der Waals surface area contributed by atoms with E-state index in [1.165, 1.54) is 0 Å². The molecule has 0 unspecified atom stereocenters. The molecule has 0 saturated carbocycles. The third-order valence-electron chi connectivity index (χ3n) is 2.22. The second-order valence-electron chi connectivity index (χ2n) is 3.52. The molecule has 1 aromatic rings. The van der Waals surface area contributed by atoms with E-state index in [1.807, 2.05) is 6.07 Å². The summed E-state index contributed by atoms with van der Waals surface area (Å²) in [5, 5.41) is 0. The van der Waals surface area contributed by atoms with Crippen molar-refractivity contribution in [1.82, 2.24) is 0 Å². The van der Waals surface area contributed by atoms with Gasteiger partial charge in [0.1, 0.15) is 0 Å². The maximum Gasteiger partial charge on any atom is 0.167 e. The number of halogens is 1. The Bertz CT molecular complexity index is 302. The summed E-state index contributed by atoms with van der Waals surface area (Å²) in [6.07, 6.45) is 3.12. The number of rotatable bonds is 6. The van der Waals surface area contributed by atoms with Gasteiger partial charge in [-0.1, -0.05) is 12.1 Å². The average Bonchev–Trinajstić information content (AvgIpc) is 2.24. The molecule has 3 heteroatoms. The second-order valence-corrected chi connectivity index (χ2v) is 3.97. The fourth-order valence-corrected chi connectivity index (χ4v) is 1.53. The molecule has 15 heavy (non-hydrogen) atoms. The lowest BCUT2D eigenvalue weighted by atomic mass is 10.2. The minimum Gasteiger partial charge on any atom is -0.491 e. The molecule has 0 bridgehead atoms. The molecular formula is C12H17FOS. The molecule has 0 atom stereocenters. The molecule has 0 radical (unpaired) electrons. The highest BCUT2D eigenvalue weighted by molar-refractivity contribution is 7.80. The maximum absolute atomic E-state index is 13.4. The zero-order valence-corrected chi connectivity index (χ0v) is 9.90. The lowest BCUT2D eigenvalue weighted by molar-refractivity contribution is 0.291. The van der Waals surface area contributed by atoms with E-state index < -0.39 is 0 Å². The lowest BCUT2D eigenvalue weighted by Gasteiger charge is -2.07. The Kier molecular flexibility index (Phi) is 5.54. The van der Waals surface area contributed by atoms with E-state index in [2.05, 4.69) is 12.6 Å². The molecule has 84 valence electrons. The predicted molar refractivity (Wildman–Crippen MR) is 64.3 cm³/mol. The Labute approximate surface area is 96.1 Å². The summed E-state index contributed by atoms with van der Waals surface area (Å²) < 4.78 is 18.8. The Balaban J connectivity index is 2.34. The number of ether oxygens (including phenoxy) is 1. The van der Waals surface area contributed by atoms with Crippen molar-refractivity contribution in [2.75, 3.05) is 12.4 Å². The first-order valence-electron chi connectivity index (χ1n) is 5.24. The second kappa shape index (κ2) is 6.72. The van der Waals surface area contributed by atoms with Gasteiger partial charge in [0.2, 0.25) is 0 Å². The Morgan fingerprint density at radius 3 is 2.80 bits per heavy atom. The van der Waals surface area contributed by atoms with Crippen LogP contribution in [0.15, 0.2) is 18.2 Å². The molecule has 0 aliphatic heterocycles. The van der Waals surface area contributed by atoms with Gasteiger partial charge in [0.25, 0.3) is 0 Å². The molecule has 0 amide bonds. The zero-order valence-electron chi connectivity index (χ0n) is 9.00. The third kappa shape index (κ3) is 4.12. The summed E-state index contributed by atoms with van der Waals surface area (Å²) in [5.74, 6) is 1.02. The molecule has 1 rings (SSSR count). The van der Waals surface area contributed by atoms with Crippen LogP contribution in [0.25, 0.3) is 0 Å². The van der Waals surface area contributed by atoms with Gasteiger partial charge in [0, 0.05) is 0 Å². The molecule has 1 nitrogen and oxygen atoms in total. The Morgan fingerprint density at radius 2 is 2.07 bits per heavy atom. The van der Waals surface area contributed by atoms with Crippen LogP contribution in [0.2, 0.25) is 0 Å². The van der Waals surface area contributed by atoms with E-state index in [9.17, 15) is 4.39 Å². The van der Waals surface area contributed by atoms with Gasteiger partial charge in [-0.15, -0.1) is 0 Å². The highest BCUT2D eigenvalue weighted by Crippen LogP contribution is 2.19. The molecule has 0 saturated heterocycles. The van der Waals surface area contributed by atoms with Crippen molar-refractivity contribution in [3.63, 3.8) is 0 Å². The van der Waals surface area contributed by atoms with Crippen LogP contribution in [-0.4, -0.2) is 12.4 Å². The largest absolute Gasteiger partial charge is 0.491 e. The summed E-state index contributed by atoms with van der Waals surface area (Å²) in [6.45, 7) is 2.32. The summed E-state index contributed by atoms with van der Waals surface area (Å²) in [5.41, 5.74) is 0.628. The molecule has 0 aliphatic rings. The molecule has 0 aromatic heterocycles. The quantitative estimate of drug-likeness (QED) is 0.578. The number of hydrogen-bond donors (Lipinski definition) is 1. The minimum absolute atomic E-state index is 0.244. The maximum atomic E-state index is 13.4. The fourth-order valence-electron chi connectivity index (χ4n) is 1.30. The molecule has 0 fully saturated rings. The van der Waals surface area contributed by atoms with Gasteiger partial charge in [0.05, 0.1) is 6.61 Å². The van der Waals surface area contributed by atoms with Gasteiger partial charge < -0.3 is 4.74 Å². The van der Waals surface area contributed by atoms with Crippen LogP contribution in [-0.2, 0) is 0 Å². The van der Waals surface area contributed by atoms with Gasteiger partial charge in [-0.25, -0.2) is 4.39 Å². The van der Waals surface area contributed by atoms with Crippen LogP contribution < -0.4 is 4.74 Å². The SMILES string of the molecule is Cc1cccc(OCCCCCS)c1F. The standard InChI is InChI=1S/C12H17FOS/c1-10-6-5-7-11(12(10)13)14-8-3-2-4-9-15/h5-7,15H,2-4,8-9H2,1H3. The smallest absolute Gasteiger partial charge is 0.167 e. The van der Waals surface area contributed by atoms with Crippen molar-refractivity contribution in [3.05, 3.63) is 29.6 Å². The van der Waals surface area contributed by atoms with E-state index in [1.54, 1.807) is 19.1 Å². The first kappa shape index (κ1) is 12.4. The molecule has 0 spiro atoms. The average molecular weight is 228 g/mol. The first-order chi connectivity index (χ1) is 7.25. The van der Waals surface area contributed by atoms with Gasteiger partial charge in [-0.05, 0) is 43.6 Å². The highest BCUT2D eigenvalue weighted by Gasteiger charge is 2.04. The summed E-state index contributed by atoms with van der Waals surface area (Å²) in [4.78, 5) is 0. The highest BCUT2D eigenvalue weighted by atomic mass is 32.1. The number of aryl methyl sites for hydroxylation is 1. The van der Waals surface area contributed by atoms with Crippen molar-refractivity contribution >= 4 is 12.6 Å². The minimum atomic E-state index is -0.244. The third-order valence-corrected chi connectivity index (χ3v) is 2.53. The van der Waals surface area contributed by atoms with Crippen LogP contribution in [0, 0.1) is 12.7 Å². The summed E-state index contributed by atoms with van der Waals surface area (Å²) in [7, 11) is 0. The van der Waals surface area contributed by atoms with E-state index in [-0.39, 0.29) is 5.82 Å². The predicted octanol–water partition coefficient (Wildman–Crippen LogP) is 3.61. The zero-order chi connectivity index (χ0) is 11.1. The van der Waals surface area contributed by atoms with Crippen molar-refractivity contribution < 1.29 is 9.13 Å². The number of hydrogen-bond acceptors (Lipinski definition) is 2. The van der Waals surface area contributed by atoms with Crippen LogP contribution in [0.1, 0.15) is 24.8 Å². The van der Waals surface area contributed by atoms with Crippen LogP contribution in [0.5, 0.6) is 5.75 Å². The Hall–Kier alpha value is -0.700. The normalized spacial score (nSPS) is 10.3. The number of benzene rings is 1. The van der Waals surface area contributed by atoms with Gasteiger partial charge in [-0.2, -0.15) is 12.6 Å². The Morgan fingerprint density at radius 1 is 1.27 bits per heavy atom. The molecule has 1 aromatic carbocycles. The van der Waals surface area contributed by atoms with E-state index in [0.717, 1.165) is 25.0 Å². The summed E-state index contributed by atoms with van der Waals surface area (Å²) in [6, 6.07) is 5.21. The molecule has 0 heterocycles. The van der Waals surface area contributed by atoms with Crippen LogP contribution >= 0.6 is 12.6 Å². The fraction of sp³-hybridized carbons (Fsp3) is 0.500. The topological polar surface area (TPSA) is 9.23 Å². The summed E-state index contributed by atoms with van der Waals surface area (Å²) >= 11 is 4.12. The van der Waals surface area contributed by atoms with Crippen LogP contribution in [0.4, 0.5) is 4.39 Å². The van der Waals surface area contributed by atoms with Crippen molar-refractivity contribution in [3.8, 4) is 5.75 Å². The van der Waals surface area contributed by atoms with Crippen LogP contribution in [0.3, 0.4) is 0 Å². The van der Waals surface area contributed by atoms with Crippen molar-refractivity contribution in [1.29, 1.82) is 0 Å². The van der Waals surface area contributed by atoms with Crippen molar-refractivity contribution in [2.45, 2.75) is 26.2 Å². The molecule has 0 N–H and O–H groups in total. The number of unbranched alkanes of at least 4 members (excludes halogenated alkanes) is 2. The lowest BCUT2D eigenvalue weighted by Crippen LogP contribution is -2.00. The van der Waals surface area contributed by atoms with E-state index in [0.29, 0.717) is 17.9 Å². The van der Waals surface area contributed by atoms with E-state index in [4.69, 9.17) is 4.74 Å². The van der Waals surface area contributed by atoms with Crippen molar-refractivity contribution in [2.24, 2.45) is 0 Å². The first-order valence-corrected chi connectivity index (χ1v) is 5.87. The van der Waals surface area contributed by atoms with Gasteiger partial charge >= 0.3 is 0 Å². The van der Waals surface area contributed by atoms with Gasteiger partial charge in [-0.3, -0.25) is 0 Å². The molecular weight excluding hydrogens is 211 g/mol. The van der Waals surface area contributed by atoms with Gasteiger partial charge in [0.15, 0.2) is 11.6 Å². The monoisotopic (exact) mass is 228 g/mol.